The number of aromatic nitrogens is 2. The smallest absolute Gasteiger partial charge is 0.332 e. The number of hydrogen-bond donors (Lipinski definition) is 1. The Morgan fingerprint density at radius 3 is 2.38 bits per heavy atom. The third kappa shape index (κ3) is 5.54. The van der Waals surface area contributed by atoms with Crippen LogP contribution in [-0.4, -0.2) is 40.7 Å². The Labute approximate surface area is 214 Å². The van der Waals surface area contributed by atoms with Gasteiger partial charge in [-0.25, -0.2) is 9.36 Å². The van der Waals surface area contributed by atoms with Gasteiger partial charge in [-0.05, 0) is 41.1 Å². The molecule has 2 aromatic carbocycles. The highest BCUT2D eigenvalue weighted by molar-refractivity contribution is 7.17. The van der Waals surface area contributed by atoms with Crippen LogP contribution in [0.5, 0.6) is 11.5 Å². The SMILES string of the molecule is COc1ccc(CCNC(=O)Cn2c(=O)c3sccc3n(Cc3ccc([N+](=O)[O-])cc3)c2=O)cc1OC. The van der Waals surface area contributed by atoms with Crippen LogP contribution < -0.4 is 26.0 Å². The number of amides is 1. The van der Waals surface area contributed by atoms with E-state index < -0.39 is 28.6 Å². The molecule has 0 radical (unpaired) electrons. The number of nitrogens with zero attached hydrogens (tertiary/aromatic N) is 3. The predicted octanol–water partition coefficient (Wildman–Crippen LogP) is 2.56. The van der Waals surface area contributed by atoms with Crippen molar-refractivity contribution in [3.63, 3.8) is 0 Å². The van der Waals surface area contributed by atoms with Gasteiger partial charge in [-0.2, -0.15) is 0 Å². The summed E-state index contributed by atoms with van der Waals surface area (Å²) in [5.74, 6) is 0.705. The molecule has 12 heteroatoms. The van der Waals surface area contributed by atoms with Crippen molar-refractivity contribution in [1.82, 2.24) is 14.5 Å². The molecule has 4 rings (SSSR count). The van der Waals surface area contributed by atoms with Gasteiger partial charge in [-0.3, -0.25) is 24.3 Å². The lowest BCUT2D eigenvalue weighted by molar-refractivity contribution is -0.384. The predicted molar refractivity (Wildman–Crippen MR) is 139 cm³/mol. The van der Waals surface area contributed by atoms with Gasteiger partial charge < -0.3 is 14.8 Å². The van der Waals surface area contributed by atoms with Crippen LogP contribution >= 0.6 is 11.3 Å². The lowest BCUT2D eigenvalue weighted by Gasteiger charge is -2.13. The van der Waals surface area contributed by atoms with Crippen molar-refractivity contribution in [3.8, 4) is 11.5 Å². The van der Waals surface area contributed by atoms with Gasteiger partial charge in [-0.1, -0.05) is 18.2 Å². The van der Waals surface area contributed by atoms with Gasteiger partial charge in [-0.15, -0.1) is 11.3 Å². The van der Waals surface area contributed by atoms with E-state index in [0.717, 1.165) is 10.1 Å². The van der Waals surface area contributed by atoms with Crippen LogP contribution in [0.1, 0.15) is 11.1 Å². The van der Waals surface area contributed by atoms with E-state index in [0.29, 0.717) is 40.2 Å². The van der Waals surface area contributed by atoms with Gasteiger partial charge in [0.05, 0.1) is 31.2 Å². The van der Waals surface area contributed by atoms with Crippen LogP contribution in [-0.2, 0) is 24.3 Å². The number of carbonyl (C=O) groups excluding carboxylic acids is 1. The highest BCUT2D eigenvalue weighted by atomic mass is 32.1. The van der Waals surface area contributed by atoms with Crippen molar-refractivity contribution in [2.24, 2.45) is 0 Å². The fourth-order valence-corrected chi connectivity index (χ4v) is 4.76. The monoisotopic (exact) mass is 524 g/mol. The van der Waals surface area contributed by atoms with Gasteiger partial charge in [0.2, 0.25) is 5.91 Å². The number of thiophene rings is 1. The summed E-state index contributed by atoms with van der Waals surface area (Å²) < 4.78 is 13.2. The Morgan fingerprint density at radius 1 is 1.00 bits per heavy atom. The number of benzene rings is 2. The zero-order valence-electron chi connectivity index (χ0n) is 20.1. The largest absolute Gasteiger partial charge is 0.493 e. The molecule has 0 atom stereocenters. The molecule has 37 heavy (non-hydrogen) atoms. The summed E-state index contributed by atoms with van der Waals surface area (Å²) in [6, 6.07) is 12.9. The van der Waals surface area contributed by atoms with Gasteiger partial charge in [0.15, 0.2) is 11.5 Å². The second-order valence-electron chi connectivity index (χ2n) is 8.11. The first kappa shape index (κ1) is 25.6. The van der Waals surface area contributed by atoms with Crippen molar-refractivity contribution in [2.75, 3.05) is 20.8 Å². The van der Waals surface area contributed by atoms with Crippen molar-refractivity contribution in [2.45, 2.75) is 19.5 Å². The summed E-state index contributed by atoms with van der Waals surface area (Å²) in [5, 5.41) is 15.4. The number of carbonyl (C=O) groups is 1. The third-order valence-corrected chi connectivity index (χ3v) is 6.70. The number of ether oxygens (including phenoxy) is 2. The number of nitro groups is 1. The summed E-state index contributed by atoms with van der Waals surface area (Å²) in [7, 11) is 3.09. The zero-order chi connectivity index (χ0) is 26.5. The lowest BCUT2D eigenvalue weighted by atomic mass is 10.1. The Balaban J connectivity index is 1.51. The van der Waals surface area contributed by atoms with E-state index in [9.17, 15) is 24.5 Å². The number of hydrogen-bond acceptors (Lipinski definition) is 8. The molecular formula is C25H24N4O7S. The molecule has 192 valence electrons. The van der Waals surface area contributed by atoms with Crippen LogP contribution in [0.15, 0.2) is 63.5 Å². The molecule has 0 aliphatic rings. The average molecular weight is 525 g/mol. The molecule has 2 aromatic heterocycles. The van der Waals surface area contributed by atoms with Crippen molar-refractivity contribution in [3.05, 3.63) is 96.0 Å². The molecule has 0 unspecified atom stereocenters. The number of non-ortho nitro benzene ring substituents is 1. The summed E-state index contributed by atoms with van der Waals surface area (Å²) in [4.78, 5) is 49.3. The van der Waals surface area contributed by atoms with Crippen LogP contribution in [0.2, 0.25) is 0 Å². The number of rotatable bonds is 10. The molecule has 0 bridgehead atoms. The lowest BCUT2D eigenvalue weighted by Crippen LogP contribution is -2.43. The third-order valence-electron chi connectivity index (χ3n) is 5.81. The number of nitro benzene ring substituents is 1. The van der Waals surface area contributed by atoms with E-state index in [1.54, 1.807) is 43.9 Å². The maximum atomic E-state index is 13.3. The van der Waals surface area contributed by atoms with Gasteiger partial charge in [0.25, 0.3) is 11.2 Å². The molecule has 1 amide bonds. The molecule has 0 spiro atoms. The minimum Gasteiger partial charge on any atom is -0.493 e. The fourth-order valence-electron chi connectivity index (χ4n) is 3.91. The van der Waals surface area contributed by atoms with Crippen molar-refractivity contribution < 1.29 is 19.2 Å². The van der Waals surface area contributed by atoms with Crippen LogP contribution in [0, 0.1) is 10.1 Å². The maximum Gasteiger partial charge on any atom is 0.332 e. The molecule has 0 aliphatic carbocycles. The molecule has 0 aliphatic heterocycles. The van der Waals surface area contributed by atoms with Gasteiger partial charge >= 0.3 is 5.69 Å². The minimum atomic E-state index is -0.635. The highest BCUT2D eigenvalue weighted by Crippen LogP contribution is 2.27. The van der Waals surface area contributed by atoms with E-state index in [1.807, 2.05) is 12.1 Å². The van der Waals surface area contributed by atoms with Crippen molar-refractivity contribution >= 4 is 33.1 Å². The van der Waals surface area contributed by atoms with Crippen LogP contribution in [0.3, 0.4) is 0 Å². The standard InChI is InChI=1S/C25H24N4O7S/c1-35-20-8-5-16(13-21(20)36-2)9-11-26-22(30)15-28-24(31)23-19(10-12-37-23)27(25(28)32)14-17-3-6-18(7-4-17)29(33)34/h3-8,10,12-13H,9,11,14-15H2,1-2H3,(H,26,30). The average Bonchev–Trinajstić information content (AvgIpc) is 3.39. The Morgan fingerprint density at radius 2 is 1.70 bits per heavy atom. The summed E-state index contributed by atoms with van der Waals surface area (Å²) in [6.07, 6.45) is 0.509. The van der Waals surface area contributed by atoms with E-state index >= 15 is 0 Å². The number of nitrogens with one attached hydrogen (secondary N) is 1. The second-order valence-corrected chi connectivity index (χ2v) is 9.02. The molecule has 0 fully saturated rings. The Hall–Kier alpha value is -4.45. The Kier molecular flexibility index (Phi) is 7.68. The van der Waals surface area contributed by atoms with Crippen LogP contribution in [0.4, 0.5) is 5.69 Å². The molecular weight excluding hydrogens is 500 g/mol. The second kappa shape index (κ2) is 11.1. The molecule has 1 N–H and O–H groups in total. The highest BCUT2D eigenvalue weighted by Gasteiger charge is 2.17. The Bertz CT molecular complexity index is 1570. The number of methoxy groups -OCH3 is 2. The first-order valence-electron chi connectivity index (χ1n) is 11.2. The van der Waals surface area contributed by atoms with E-state index in [1.165, 1.54) is 28.0 Å². The zero-order valence-corrected chi connectivity index (χ0v) is 20.9. The van der Waals surface area contributed by atoms with E-state index in [-0.39, 0.29) is 12.2 Å². The topological polar surface area (TPSA) is 135 Å². The van der Waals surface area contributed by atoms with E-state index in [4.69, 9.17) is 9.47 Å². The van der Waals surface area contributed by atoms with Crippen molar-refractivity contribution in [1.29, 1.82) is 0 Å². The summed E-state index contributed by atoms with van der Waals surface area (Å²) in [5.41, 5.74) is 0.773. The van der Waals surface area contributed by atoms with Gasteiger partial charge in [0, 0.05) is 18.7 Å². The quantitative estimate of drug-likeness (QED) is 0.249. The summed E-state index contributed by atoms with van der Waals surface area (Å²) >= 11 is 1.18. The first-order chi connectivity index (χ1) is 17.8. The normalized spacial score (nSPS) is 10.9. The minimum absolute atomic E-state index is 0.0634. The molecule has 0 saturated carbocycles. The molecule has 0 saturated heterocycles. The van der Waals surface area contributed by atoms with E-state index in [2.05, 4.69) is 5.32 Å². The molecule has 4 aromatic rings. The maximum absolute atomic E-state index is 13.3. The number of fused-ring (bicyclic) bond motifs is 1. The molecule has 11 nitrogen and oxygen atoms in total. The van der Waals surface area contributed by atoms with Gasteiger partial charge in [0.1, 0.15) is 11.2 Å². The molecule has 2 heterocycles. The summed E-state index contributed by atoms with van der Waals surface area (Å²) in [6.45, 7) is -0.0513. The first-order valence-corrected chi connectivity index (χ1v) is 12.1. The van der Waals surface area contributed by atoms with Crippen LogP contribution in [0.25, 0.3) is 10.2 Å². The fraction of sp³-hybridized carbons (Fsp3) is 0.240.